The first-order chi connectivity index (χ1) is 15.1. The Labute approximate surface area is 184 Å². The number of urea groups is 1. The number of aromatic nitrogens is 2. The molecular weight excluding hydrogens is 416 g/mol. The zero-order valence-corrected chi connectivity index (χ0v) is 17.4. The first-order valence-electron chi connectivity index (χ1n) is 9.83. The van der Waals surface area contributed by atoms with Crippen LogP contribution in [0.3, 0.4) is 0 Å². The van der Waals surface area contributed by atoms with Crippen molar-refractivity contribution in [2.24, 2.45) is 0 Å². The monoisotopic (exact) mass is 436 g/mol. The lowest BCUT2D eigenvalue weighted by molar-refractivity contribution is 0.102. The Balaban J connectivity index is 1.33. The summed E-state index contributed by atoms with van der Waals surface area (Å²) in [5.41, 5.74) is 1.69. The molecule has 1 fully saturated rings. The van der Waals surface area contributed by atoms with Crippen LogP contribution in [0.2, 0.25) is 5.02 Å². The van der Waals surface area contributed by atoms with Gasteiger partial charge in [0.25, 0.3) is 5.91 Å². The largest absolute Gasteiger partial charge is 0.337 e. The van der Waals surface area contributed by atoms with E-state index in [-0.39, 0.29) is 11.9 Å². The Morgan fingerprint density at radius 1 is 0.839 bits per heavy atom. The Kier molecular flexibility index (Phi) is 6.28. The summed E-state index contributed by atoms with van der Waals surface area (Å²) < 4.78 is 0. The molecule has 8 nitrogen and oxygen atoms in total. The molecule has 3 amide bonds. The molecule has 4 rings (SSSR count). The fourth-order valence-corrected chi connectivity index (χ4v) is 3.37. The summed E-state index contributed by atoms with van der Waals surface area (Å²) in [5, 5.41) is 6.29. The molecule has 0 atom stereocenters. The van der Waals surface area contributed by atoms with Crippen molar-refractivity contribution in [2.45, 2.75) is 0 Å². The quantitative estimate of drug-likeness (QED) is 0.650. The van der Waals surface area contributed by atoms with Crippen LogP contribution in [0.15, 0.2) is 67.0 Å². The normalized spacial score (nSPS) is 13.6. The van der Waals surface area contributed by atoms with Gasteiger partial charge in [0.2, 0.25) is 5.95 Å². The van der Waals surface area contributed by atoms with E-state index in [9.17, 15) is 9.59 Å². The second-order valence-corrected chi connectivity index (χ2v) is 7.43. The zero-order valence-electron chi connectivity index (χ0n) is 16.7. The van der Waals surface area contributed by atoms with Crippen molar-refractivity contribution in [1.29, 1.82) is 0 Å². The molecule has 2 heterocycles. The number of nitrogens with zero attached hydrogens (tertiary/aromatic N) is 4. The van der Waals surface area contributed by atoms with E-state index in [1.54, 1.807) is 71.9 Å². The third-order valence-corrected chi connectivity index (χ3v) is 5.13. The Bertz CT molecular complexity index is 1050. The van der Waals surface area contributed by atoms with Gasteiger partial charge in [0, 0.05) is 60.5 Å². The Hall–Kier alpha value is -3.65. The van der Waals surface area contributed by atoms with Crippen LogP contribution in [0.4, 0.5) is 22.1 Å². The SMILES string of the molecule is O=C(Nc1cccc(NC(=O)N2CCN(c3ncccn3)CC2)c1)c1ccc(Cl)cc1. The molecule has 1 aliphatic rings. The molecule has 0 spiro atoms. The van der Waals surface area contributed by atoms with Crippen molar-refractivity contribution < 1.29 is 9.59 Å². The van der Waals surface area contributed by atoms with Gasteiger partial charge in [-0.05, 0) is 48.5 Å². The van der Waals surface area contributed by atoms with Crippen LogP contribution >= 0.6 is 11.6 Å². The van der Waals surface area contributed by atoms with Gasteiger partial charge in [0.05, 0.1) is 0 Å². The summed E-state index contributed by atoms with van der Waals surface area (Å²) in [5.74, 6) is 0.422. The average Bonchev–Trinajstić information content (AvgIpc) is 2.80. The van der Waals surface area contributed by atoms with Crippen LogP contribution in [-0.4, -0.2) is 53.0 Å². The average molecular weight is 437 g/mol. The Morgan fingerprint density at radius 2 is 1.48 bits per heavy atom. The van der Waals surface area contributed by atoms with Gasteiger partial charge in [-0.25, -0.2) is 14.8 Å². The zero-order chi connectivity index (χ0) is 21.6. The van der Waals surface area contributed by atoms with Gasteiger partial charge in [0.1, 0.15) is 0 Å². The van der Waals surface area contributed by atoms with Crippen molar-refractivity contribution in [3.05, 3.63) is 77.6 Å². The van der Waals surface area contributed by atoms with Crippen molar-refractivity contribution >= 4 is 40.9 Å². The van der Waals surface area contributed by atoms with Gasteiger partial charge in [-0.15, -0.1) is 0 Å². The fourth-order valence-electron chi connectivity index (χ4n) is 3.25. The minimum absolute atomic E-state index is 0.185. The summed E-state index contributed by atoms with van der Waals surface area (Å²) in [6.45, 7) is 2.46. The van der Waals surface area contributed by atoms with E-state index in [2.05, 4.69) is 25.5 Å². The first-order valence-corrected chi connectivity index (χ1v) is 10.2. The number of halogens is 1. The van der Waals surface area contributed by atoms with Gasteiger partial charge in [-0.3, -0.25) is 4.79 Å². The molecule has 1 saturated heterocycles. The lowest BCUT2D eigenvalue weighted by Crippen LogP contribution is -2.50. The molecule has 0 aliphatic carbocycles. The summed E-state index contributed by atoms with van der Waals surface area (Å²) in [4.78, 5) is 37.4. The fraction of sp³-hybridized carbons (Fsp3) is 0.182. The number of amides is 3. The highest BCUT2D eigenvalue weighted by Crippen LogP contribution is 2.18. The number of carbonyl (C=O) groups is 2. The highest BCUT2D eigenvalue weighted by atomic mass is 35.5. The number of hydrogen-bond donors (Lipinski definition) is 2. The topological polar surface area (TPSA) is 90.5 Å². The third kappa shape index (κ3) is 5.29. The summed E-state index contributed by atoms with van der Waals surface area (Å²) in [6, 6.07) is 15.3. The molecule has 0 radical (unpaired) electrons. The lowest BCUT2D eigenvalue weighted by Gasteiger charge is -2.34. The van der Waals surface area contributed by atoms with Gasteiger partial charge in [0.15, 0.2) is 0 Å². The van der Waals surface area contributed by atoms with E-state index in [0.29, 0.717) is 54.1 Å². The third-order valence-electron chi connectivity index (χ3n) is 4.88. The van der Waals surface area contributed by atoms with Crippen LogP contribution in [0.25, 0.3) is 0 Å². The highest BCUT2D eigenvalue weighted by Gasteiger charge is 2.22. The minimum atomic E-state index is -0.251. The van der Waals surface area contributed by atoms with Gasteiger partial charge < -0.3 is 20.4 Å². The second kappa shape index (κ2) is 9.44. The highest BCUT2D eigenvalue weighted by molar-refractivity contribution is 6.30. The molecule has 3 aromatic rings. The van der Waals surface area contributed by atoms with Gasteiger partial charge in [-0.1, -0.05) is 17.7 Å². The van der Waals surface area contributed by atoms with E-state index < -0.39 is 0 Å². The molecule has 1 aromatic heterocycles. The van der Waals surface area contributed by atoms with Gasteiger partial charge >= 0.3 is 6.03 Å². The predicted octanol–water partition coefficient (Wildman–Crippen LogP) is 3.74. The number of anilines is 3. The molecule has 1 aliphatic heterocycles. The Morgan fingerprint density at radius 3 is 2.16 bits per heavy atom. The maximum Gasteiger partial charge on any atom is 0.321 e. The molecule has 0 unspecified atom stereocenters. The molecular formula is C22H21ClN6O2. The van der Waals surface area contributed by atoms with Crippen LogP contribution in [0, 0.1) is 0 Å². The van der Waals surface area contributed by atoms with Crippen LogP contribution in [0.1, 0.15) is 10.4 Å². The number of benzene rings is 2. The van der Waals surface area contributed by atoms with Crippen LogP contribution in [0.5, 0.6) is 0 Å². The van der Waals surface area contributed by atoms with Crippen molar-refractivity contribution in [1.82, 2.24) is 14.9 Å². The second-order valence-electron chi connectivity index (χ2n) is 6.99. The molecule has 158 valence electrons. The number of hydrogen-bond acceptors (Lipinski definition) is 5. The summed E-state index contributed by atoms with van der Waals surface area (Å²) in [7, 11) is 0. The molecule has 31 heavy (non-hydrogen) atoms. The first kappa shape index (κ1) is 20.6. The minimum Gasteiger partial charge on any atom is -0.337 e. The molecule has 0 bridgehead atoms. The van der Waals surface area contributed by atoms with Crippen molar-refractivity contribution in [3.63, 3.8) is 0 Å². The van der Waals surface area contributed by atoms with Crippen molar-refractivity contribution in [2.75, 3.05) is 41.7 Å². The molecule has 2 N–H and O–H groups in total. The number of piperazine rings is 1. The number of rotatable bonds is 4. The summed E-state index contributed by atoms with van der Waals surface area (Å²) in [6.07, 6.45) is 3.42. The standard InChI is InChI=1S/C22H21ClN6O2/c23-17-7-5-16(6-8-17)20(30)26-18-3-1-4-19(15-18)27-22(31)29-13-11-28(12-14-29)21-24-9-2-10-25-21/h1-10,15H,11-14H2,(H,26,30)(H,27,31). The molecule has 0 saturated carbocycles. The predicted molar refractivity (Wildman–Crippen MR) is 121 cm³/mol. The van der Waals surface area contributed by atoms with Crippen LogP contribution < -0.4 is 15.5 Å². The van der Waals surface area contributed by atoms with E-state index >= 15 is 0 Å². The van der Waals surface area contributed by atoms with E-state index in [0.717, 1.165) is 0 Å². The van der Waals surface area contributed by atoms with Crippen LogP contribution in [-0.2, 0) is 0 Å². The van der Waals surface area contributed by atoms with Gasteiger partial charge in [-0.2, -0.15) is 0 Å². The van der Waals surface area contributed by atoms with Crippen molar-refractivity contribution in [3.8, 4) is 0 Å². The number of nitrogens with one attached hydrogen (secondary N) is 2. The van der Waals surface area contributed by atoms with E-state index in [1.165, 1.54) is 0 Å². The molecule has 9 heteroatoms. The lowest BCUT2D eigenvalue weighted by atomic mass is 10.2. The maximum absolute atomic E-state index is 12.7. The maximum atomic E-state index is 12.7. The summed E-state index contributed by atoms with van der Waals surface area (Å²) >= 11 is 5.86. The van der Waals surface area contributed by atoms with E-state index in [1.807, 2.05) is 0 Å². The van der Waals surface area contributed by atoms with E-state index in [4.69, 9.17) is 11.6 Å². The smallest absolute Gasteiger partial charge is 0.321 e. The number of carbonyl (C=O) groups excluding carboxylic acids is 2. The molecule has 2 aromatic carbocycles.